The first kappa shape index (κ1) is 15.1. The molecular formula is C17H20N2O2. The summed E-state index contributed by atoms with van der Waals surface area (Å²) in [5.41, 5.74) is 2.97. The third-order valence-corrected chi connectivity index (χ3v) is 3.26. The SMILES string of the molecule is Cc1ccc(NC(=O)C(C)NCc2ccc(O)cc2)cc1. The molecule has 0 aliphatic rings. The summed E-state index contributed by atoms with van der Waals surface area (Å²) in [6.45, 7) is 4.40. The zero-order valence-electron chi connectivity index (χ0n) is 12.3. The second-order valence-electron chi connectivity index (χ2n) is 5.12. The molecule has 0 radical (unpaired) electrons. The molecular weight excluding hydrogens is 264 g/mol. The molecule has 0 saturated heterocycles. The van der Waals surface area contributed by atoms with E-state index in [4.69, 9.17) is 0 Å². The third-order valence-electron chi connectivity index (χ3n) is 3.26. The smallest absolute Gasteiger partial charge is 0.241 e. The molecule has 1 amide bonds. The number of phenolic OH excluding ortho intramolecular Hbond substituents is 1. The van der Waals surface area contributed by atoms with Gasteiger partial charge in [-0.05, 0) is 43.7 Å². The third kappa shape index (κ3) is 4.61. The van der Waals surface area contributed by atoms with Crippen LogP contribution in [0.5, 0.6) is 5.75 Å². The first-order valence-corrected chi connectivity index (χ1v) is 6.93. The minimum absolute atomic E-state index is 0.0716. The van der Waals surface area contributed by atoms with Crippen molar-refractivity contribution in [1.29, 1.82) is 0 Å². The number of hydrogen-bond acceptors (Lipinski definition) is 3. The number of carbonyl (C=O) groups excluding carboxylic acids is 1. The molecule has 4 nitrogen and oxygen atoms in total. The van der Waals surface area contributed by atoms with Crippen LogP contribution < -0.4 is 10.6 Å². The second-order valence-corrected chi connectivity index (χ2v) is 5.12. The molecule has 4 heteroatoms. The van der Waals surface area contributed by atoms with E-state index in [0.717, 1.165) is 16.8 Å². The van der Waals surface area contributed by atoms with Crippen molar-refractivity contribution in [3.63, 3.8) is 0 Å². The highest BCUT2D eigenvalue weighted by Gasteiger charge is 2.12. The molecule has 1 atom stereocenters. The Balaban J connectivity index is 1.84. The summed E-state index contributed by atoms with van der Waals surface area (Å²) in [5.74, 6) is 0.168. The molecule has 0 fully saturated rings. The highest BCUT2D eigenvalue weighted by atomic mass is 16.3. The van der Waals surface area contributed by atoms with Gasteiger partial charge in [0.2, 0.25) is 5.91 Å². The molecule has 3 N–H and O–H groups in total. The minimum Gasteiger partial charge on any atom is -0.508 e. The van der Waals surface area contributed by atoms with Crippen molar-refractivity contribution in [2.75, 3.05) is 5.32 Å². The van der Waals surface area contributed by atoms with E-state index in [1.165, 1.54) is 0 Å². The fourth-order valence-corrected chi connectivity index (χ4v) is 1.86. The van der Waals surface area contributed by atoms with Gasteiger partial charge in [-0.15, -0.1) is 0 Å². The monoisotopic (exact) mass is 284 g/mol. The Morgan fingerprint density at radius 2 is 1.71 bits per heavy atom. The first-order valence-electron chi connectivity index (χ1n) is 6.93. The van der Waals surface area contributed by atoms with Gasteiger partial charge in [-0.25, -0.2) is 0 Å². The Morgan fingerprint density at radius 1 is 1.10 bits per heavy atom. The number of aromatic hydroxyl groups is 1. The minimum atomic E-state index is -0.305. The van der Waals surface area contributed by atoms with E-state index >= 15 is 0 Å². The second kappa shape index (κ2) is 6.90. The van der Waals surface area contributed by atoms with Crippen molar-refractivity contribution < 1.29 is 9.90 Å². The lowest BCUT2D eigenvalue weighted by Gasteiger charge is -2.14. The number of nitrogens with one attached hydrogen (secondary N) is 2. The van der Waals surface area contributed by atoms with E-state index in [-0.39, 0.29) is 17.7 Å². The van der Waals surface area contributed by atoms with Gasteiger partial charge in [-0.3, -0.25) is 4.79 Å². The lowest BCUT2D eigenvalue weighted by atomic mass is 10.2. The van der Waals surface area contributed by atoms with Gasteiger partial charge in [0.05, 0.1) is 6.04 Å². The maximum Gasteiger partial charge on any atom is 0.241 e. The summed E-state index contributed by atoms with van der Waals surface area (Å²) in [7, 11) is 0. The summed E-state index contributed by atoms with van der Waals surface area (Å²) >= 11 is 0. The van der Waals surface area contributed by atoms with Crippen molar-refractivity contribution in [1.82, 2.24) is 5.32 Å². The van der Waals surface area contributed by atoms with Crippen LogP contribution in [0.25, 0.3) is 0 Å². The molecule has 0 heterocycles. The fraction of sp³-hybridized carbons (Fsp3) is 0.235. The van der Waals surface area contributed by atoms with Gasteiger partial charge in [0, 0.05) is 12.2 Å². The zero-order chi connectivity index (χ0) is 15.2. The van der Waals surface area contributed by atoms with E-state index < -0.39 is 0 Å². The van der Waals surface area contributed by atoms with Crippen molar-refractivity contribution in [2.45, 2.75) is 26.4 Å². The van der Waals surface area contributed by atoms with Crippen LogP contribution in [-0.2, 0) is 11.3 Å². The van der Waals surface area contributed by atoms with E-state index in [9.17, 15) is 9.90 Å². The Morgan fingerprint density at radius 3 is 2.33 bits per heavy atom. The van der Waals surface area contributed by atoms with Crippen LogP contribution in [0.2, 0.25) is 0 Å². The molecule has 0 aliphatic heterocycles. The van der Waals surface area contributed by atoms with Gasteiger partial charge >= 0.3 is 0 Å². The number of carbonyl (C=O) groups is 1. The quantitative estimate of drug-likeness (QED) is 0.791. The van der Waals surface area contributed by atoms with Crippen LogP contribution in [0.4, 0.5) is 5.69 Å². The van der Waals surface area contributed by atoms with Crippen molar-refractivity contribution in [3.8, 4) is 5.75 Å². The molecule has 2 aromatic carbocycles. The maximum atomic E-state index is 12.1. The molecule has 0 aliphatic carbocycles. The first-order chi connectivity index (χ1) is 10.0. The summed E-state index contributed by atoms with van der Waals surface area (Å²) in [5, 5.41) is 15.3. The topological polar surface area (TPSA) is 61.4 Å². The molecule has 0 saturated carbocycles. The predicted molar refractivity (Wildman–Crippen MR) is 84.2 cm³/mol. The van der Waals surface area contributed by atoms with Gasteiger partial charge in [-0.1, -0.05) is 29.8 Å². The average Bonchev–Trinajstić information content (AvgIpc) is 2.48. The zero-order valence-corrected chi connectivity index (χ0v) is 12.3. The van der Waals surface area contributed by atoms with Crippen LogP contribution >= 0.6 is 0 Å². The number of aryl methyl sites for hydroxylation is 1. The normalized spacial score (nSPS) is 11.9. The van der Waals surface area contributed by atoms with Gasteiger partial charge < -0.3 is 15.7 Å². The standard InChI is InChI=1S/C17H20N2O2/c1-12-3-7-15(8-4-12)19-17(21)13(2)18-11-14-5-9-16(20)10-6-14/h3-10,13,18,20H,11H2,1-2H3,(H,19,21). The van der Waals surface area contributed by atoms with E-state index in [1.54, 1.807) is 12.1 Å². The highest BCUT2D eigenvalue weighted by molar-refractivity contribution is 5.94. The van der Waals surface area contributed by atoms with E-state index in [1.807, 2.05) is 50.2 Å². The average molecular weight is 284 g/mol. The molecule has 21 heavy (non-hydrogen) atoms. The number of anilines is 1. The number of hydrogen-bond donors (Lipinski definition) is 3. The Hall–Kier alpha value is -2.33. The molecule has 2 aromatic rings. The Kier molecular flexibility index (Phi) is 4.95. The van der Waals surface area contributed by atoms with E-state index in [2.05, 4.69) is 10.6 Å². The van der Waals surface area contributed by atoms with Crippen LogP contribution in [0.3, 0.4) is 0 Å². The van der Waals surface area contributed by atoms with Gasteiger partial charge in [0.1, 0.15) is 5.75 Å². The molecule has 110 valence electrons. The van der Waals surface area contributed by atoms with Crippen LogP contribution in [0.1, 0.15) is 18.1 Å². The van der Waals surface area contributed by atoms with Crippen molar-refractivity contribution >= 4 is 11.6 Å². The van der Waals surface area contributed by atoms with Gasteiger partial charge in [0.15, 0.2) is 0 Å². The number of amides is 1. The predicted octanol–water partition coefficient (Wildman–Crippen LogP) is 2.82. The summed E-state index contributed by atoms with van der Waals surface area (Å²) in [4.78, 5) is 12.1. The van der Waals surface area contributed by atoms with Crippen LogP contribution in [0, 0.1) is 6.92 Å². The number of phenols is 1. The Bertz CT molecular complexity index is 591. The highest BCUT2D eigenvalue weighted by Crippen LogP contribution is 2.10. The molecule has 2 rings (SSSR count). The summed E-state index contributed by atoms with van der Waals surface area (Å²) in [6.07, 6.45) is 0. The van der Waals surface area contributed by atoms with E-state index in [0.29, 0.717) is 6.54 Å². The molecule has 0 aromatic heterocycles. The molecule has 0 spiro atoms. The van der Waals surface area contributed by atoms with Crippen molar-refractivity contribution in [3.05, 3.63) is 59.7 Å². The fourth-order valence-electron chi connectivity index (χ4n) is 1.86. The number of rotatable bonds is 5. The summed E-state index contributed by atoms with van der Waals surface area (Å²) < 4.78 is 0. The van der Waals surface area contributed by atoms with Gasteiger partial charge in [-0.2, -0.15) is 0 Å². The molecule has 1 unspecified atom stereocenters. The largest absolute Gasteiger partial charge is 0.508 e. The Labute approximate surface area is 124 Å². The van der Waals surface area contributed by atoms with Crippen molar-refractivity contribution in [2.24, 2.45) is 0 Å². The van der Waals surface area contributed by atoms with Gasteiger partial charge in [0.25, 0.3) is 0 Å². The molecule has 0 bridgehead atoms. The lowest BCUT2D eigenvalue weighted by Crippen LogP contribution is -2.37. The summed E-state index contributed by atoms with van der Waals surface area (Å²) in [6, 6.07) is 14.3. The number of benzene rings is 2. The van der Waals surface area contributed by atoms with Crippen LogP contribution in [-0.4, -0.2) is 17.1 Å². The maximum absolute atomic E-state index is 12.1. The lowest BCUT2D eigenvalue weighted by molar-refractivity contribution is -0.117. The van der Waals surface area contributed by atoms with Crippen LogP contribution in [0.15, 0.2) is 48.5 Å².